The molecule has 2 heterocycles. The summed E-state index contributed by atoms with van der Waals surface area (Å²) in [5.41, 5.74) is 0.305. The summed E-state index contributed by atoms with van der Waals surface area (Å²) in [4.78, 5) is 42.7. The van der Waals surface area contributed by atoms with Crippen molar-refractivity contribution < 1.29 is 14.3 Å². The van der Waals surface area contributed by atoms with Crippen LogP contribution in [0.2, 0.25) is 0 Å². The highest BCUT2D eigenvalue weighted by Crippen LogP contribution is 2.23. The quantitative estimate of drug-likeness (QED) is 0.351. The smallest absolute Gasteiger partial charge is 0.339 e. The Morgan fingerprint density at radius 3 is 2.70 bits per heavy atom. The molecular formula is C20H20N2O4S. The third-order valence-electron chi connectivity index (χ3n) is 4.33. The summed E-state index contributed by atoms with van der Waals surface area (Å²) >= 11 is 1.21. The predicted octanol–water partition coefficient (Wildman–Crippen LogP) is 3.86. The van der Waals surface area contributed by atoms with Crippen LogP contribution in [0.1, 0.15) is 53.4 Å². The van der Waals surface area contributed by atoms with Crippen molar-refractivity contribution in [3.05, 3.63) is 63.5 Å². The van der Waals surface area contributed by atoms with Crippen LogP contribution in [-0.4, -0.2) is 27.9 Å². The van der Waals surface area contributed by atoms with Gasteiger partial charge < -0.3 is 4.74 Å². The topological polar surface area (TPSA) is 78.3 Å². The summed E-state index contributed by atoms with van der Waals surface area (Å²) in [5, 5.41) is 1.79. The zero-order valence-electron chi connectivity index (χ0n) is 15.2. The molecule has 27 heavy (non-hydrogen) atoms. The fourth-order valence-corrected chi connectivity index (χ4v) is 3.60. The van der Waals surface area contributed by atoms with Gasteiger partial charge in [-0.2, -0.15) is 0 Å². The first kappa shape index (κ1) is 19.0. The number of fused-ring (bicyclic) bond motifs is 1. The fourth-order valence-electron chi connectivity index (χ4n) is 2.73. The molecule has 1 unspecified atom stereocenters. The molecule has 0 fully saturated rings. The van der Waals surface area contributed by atoms with Crippen molar-refractivity contribution in [1.29, 1.82) is 0 Å². The molecule has 6 nitrogen and oxygen atoms in total. The Morgan fingerprint density at radius 1 is 1.26 bits per heavy atom. The van der Waals surface area contributed by atoms with Crippen molar-refractivity contribution in [3.63, 3.8) is 0 Å². The van der Waals surface area contributed by atoms with Crippen molar-refractivity contribution in [2.45, 2.75) is 32.7 Å². The first-order valence-electron chi connectivity index (χ1n) is 8.79. The van der Waals surface area contributed by atoms with Crippen molar-refractivity contribution >= 4 is 33.3 Å². The molecule has 0 radical (unpaired) electrons. The number of ketones is 1. The fraction of sp³-hybridized carbons (Fsp3) is 0.300. The summed E-state index contributed by atoms with van der Waals surface area (Å²) in [5.74, 6) is -0.727. The molecule has 3 rings (SSSR count). The minimum absolute atomic E-state index is 0.193. The number of hydrogen-bond acceptors (Lipinski definition) is 6. The van der Waals surface area contributed by atoms with E-state index in [4.69, 9.17) is 4.74 Å². The molecule has 0 saturated carbocycles. The zero-order chi connectivity index (χ0) is 19.4. The van der Waals surface area contributed by atoms with E-state index in [2.05, 4.69) is 4.98 Å². The lowest BCUT2D eigenvalue weighted by atomic mass is 10.1. The van der Waals surface area contributed by atoms with E-state index in [9.17, 15) is 14.4 Å². The van der Waals surface area contributed by atoms with Crippen LogP contribution in [0.3, 0.4) is 0 Å². The van der Waals surface area contributed by atoms with Gasteiger partial charge in [0.25, 0.3) is 5.56 Å². The van der Waals surface area contributed by atoms with Gasteiger partial charge in [-0.05, 0) is 13.3 Å². The van der Waals surface area contributed by atoms with Crippen LogP contribution in [0.5, 0.6) is 0 Å². The van der Waals surface area contributed by atoms with E-state index < -0.39 is 17.6 Å². The number of thiophene rings is 1. The SMILES string of the molecule is CCCCOC(=O)c1csc2ncn(C(C)C(=O)c3ccccc3)c(=O)c12. The lowest BCUT2D eigenvalue weighted by Gasteiger charge is -2.14. The number of carbonyl (C=O) groups is 2. The predicted molar refractivity (Wildman–Crippen MR) is 105 cm³/mol. The van der Waals surface area contributed by atoms with Gasteiger partial charge in [-0.25, -0.2) is 9.78 Å². The number of carbonyl (C=O) groups excluding carboxylic acids is 2. The van der Waals surface area contributed by atoms with Crippen molar-refractivity contribution in [2.24, 2.45) is 0 Å². The van der Waals surface area contributed by atoms with Gasteiger partial charge in [0.15, 0.2) is 5.78 Å². The first-order chi connectivity index (χ1) is 13.0. The summed E-state index contributed by atoms with van der Waals surface area (Å²) < 4.78 is 6.50. The summed E-state index contributed by atoms with van der Waals surface area (Å²) in [6, 6.07) is 8.04. The first-order valence-corrected chi connectivity index (χ1v) is 9.67. The standard InChI is InChI=1S/C20H20N2O4S/c1-3-4-10-26-20(25)15-11-27-18-16(15)19(24)22(12-21-18)13(2)17(23)14-8-6-5-7-9-14/h5-9,11-13H,3-4,10H2,1-2H3. The molecule has 1 atom stereocenters. The number of benzene rings is 1. The molecule has 7 heteroatoms. The Bertz CT molecular complexity index is 1020. The van der Waals surface area contributed by atoms with Gasteiger partial charge in [0.2, 0.25) is 0 Å². The van der Waals surface area contributed by atoms with Crippen LogP contribution in [0, 0.1) is 0 Å². The van der Waals surface area contributed by atoms with Crippen LogP contribution in [0.15, 0.2) is 46.8 Å². The van der Waals surface area contributed by atoms with E-state index >= 15 is 0 Å². The summed E-state index contributed by atoms with van der Waals surface area (Å²) in [6.45, 7) is 3.96. The van der Waals surface area contributed by atoms with E-state index in [0.717, 1.165) is 12.8 Å². The highest BCUT2D eigenvalue weighted by atomic mass is 32.1. The van der Waals surface area contributed by atoms with Gasteiger partial charge in [-0.1, -0.05) is 43.7 Å². The Labute approximate surface area is 160 Å². The molecule has 1 aromatic carbocycles. The van der Waals surface area contributed by atoms with Gasteiger partial charge in [0.05, 0.1) is 29.9 Å². The molecular weight excluding hydrogens is 364 g/mol. The maximum atomic E-state index is 13.0. The van der Waals surface area contributed by atoms with Gasteiger partial charge in [0, 0.05) is 10.9 Å². The van der Waals surface area contributed by atoms with Gasteiger partial charge in [-0.15, -0.1) is 11.3 Å². The number of ether oxygens (including phenoxy) is 1. The molecule has 0 amide bonds. The number of rotatable bonds is 7. The average molecular weight is 384 g/mol. The lowest BCUT2D eigenvalue weighted by molar-refractivity contribution is 0.0502. The second-order valence-electron chi connectivity index (χ2n) is 6.18. The maximum absolute atomic E-state index is 13.0. The molecule has 3 aromatic rings. The molecule has 0 saturated heterocycles. The number of unbranched alkanes of at least 4 members (excludes halogenated alkanes) is 1. The van der Waals surface area contributed by atoms with Crippen LogP contribution in [-0.2, 0) is 4.74 Å². The van der Waals surface area contributed by atoms with Crippen LogP contribution in [0.25, 0.3) is 10.2 Å². The Balaban J connectivity index is 1.97. The molecule has 0 N–H and O–H groups in total. The van der Waals surface area contributed by atoms with Crippen LogP contribution >= 0.6 is 11.3 Å². The average Bonchev–Trinajstić information content (AvgIpc) is 3.13. The number of hydrogen-bond donors (Lipinski definition) is 0. The van der Waals surface area contributed by atoms with Crippen molar-refractivity contribution in [2.75, 3.05) is 6.61 Å². The minimum Gasteiger partial charge on any atom is -0.462 e. The highest BCUT2D eigenvalue weighted by Gasteiger charge is 2.23. The van der Waals surface area contributed by atoms with E-state index in [1.807, 2.05) is 13.0 Å². The molecule has 0 aliphatic rings. The van der Waals surface area contributed by atoms with Crippen molar-refractivity contribution in [3.8, 4) is 0 Å². The second kappa shape index (κ2) is 8.26. The third-order valence-corrected chi connectivity index (χ3v) is 5.21. The Hall–Kier alpha value is -2.80. The molecule has 0 aliphatic heterocycles. The minimum atomic E-state index is -0.735. The van der Waals surface area contributed by atoms with E-state index in [1.165, 1.54) is 22.2 Å². The summed E-state index contributed by atoms with van der Waals surface area (Å²) in [6.07, 6.45) is 3.03. The molecule has 0 bridgehead atoms. The monoisotopic (exact) mass is 384 g/mol. The van der Waals surface area contributed by atoms with E-state index in [1.54, 1.807) is 36.6 Å². The molecule has 2 aromatic heterocycles. The van der Waals surface area contributed by atoms with Crippen LogP contribution in [0.4, 0.5) is 0 Å². The Morgan fingerprint density at radius 2 is 2.00 bits per heavy atom. The highest BCUT2D eigenvalue weighted by molar-refractivity contribution is 7.17. The number of Topliss-reactive ketones (excluding diaryl/α,β-unsaturated/α-hetero) is 1. The lowest BCUT2D eigenvalue weighted by Crippen LogP contribution is -2.29. The third kappa shape index (κ3) is 3.83. The van der Waals surface area contributed by atoms with Gasteiger partial charge in [-0.3, -0.25) is 14.2 Å². The maximum Gasteiger partial charge on any atom is 0.339 e. The van der Waals surface area contributed by atoms with Crippen molar-refractivity contribution in [1.82, 2.24) is 9.55 Å². The molecule has 0 aliphatic carbocycles. The number of nitrogens with zero attached hydrogens (tertiary/aromatic N) is 2. The van der Waals surface area contributed by atoms with E-state index in [0.29, 0.717) is 17.0 Å². The Kier molecular flexibility index (Phi) is 5.81. The largest absolute Gasteiger partial charge is 0.462 e. The molecule has 140 valence electrons. The number of aromatic nitrogens is 2. The second-order valence-corrected chi connectivity index (χ2v) is 7.04. The molecule has 0 spiro atoms. The van der Waals surface area contributed by atoms with E-state index in [-0.39, 0.29) is 16.7 Å². The van der Waals surface area contributed by atoms with Gasteiger partial charge >= 0.3 is 5.97 Å². The zero-order valence-corrected chi connectivity index (χ0v) is 16.0. The van der Waals surface area contributed by atoms with Crippen LogP contribution < -0.4 is 5.56 Å². The summed E-state index contributed by atoms with van der Waals surface area (Å²) in [7, 11) is 0. The number of esters is 1. The normalized spacial score (nSPS) is 12.1. The van der Waals surface area contributed by atoms with Gasteiger partial charge in [0.1, 0.15) is 4.83 Å².